The van der Waals surface area contributed by atoms with Crippen molar-refractivity contribution in [1.29, 1.82) is 0 Å². The lowest BCUT2D eigenvalue weighted by Crippen LogP contribution is -2.17. The van der Waals surface area contributed by atoms with E-state index in [0.717, 1.165) is 6.07 Å². The molecule has 0 spiro atoms. The van der Waals surface area contributed by atoms with Crippen LogP contribution in [0.25, 0.3) is 0 Å². The Morgan fingerprint density at radius 1 is 0.909 bits per heavy atom. The van der Waals surface area contributed by atoms with Gasteiger partial charge in [0, 0.05) is 0 Å². The van der Waals surface area contributed by atoms with Gasteiger partial charge in [0.05, 0.1) is 5.56 Å². The monoisotopic (exact) mass is 320 g/mol. The van der Waals surface area contributed by atoms with E-state index in [0.29, 0.717) is 0 Å². The van der Waals surface area contributed by atoms with Crippen molar-refractivity contribution in [2.45, 2.75) is 9.79 Å². The van der Waals surface area contributed by atoms with E-state index >= 15 is 0 Å². The summed E-state index contributed by atoms with van der Waals surface area (Å²) in [5.74, 6) is -3.28. The van der Waals surface area contributed by atoms with Crippen LogP contribution in [0, 0.1) is 0 Å². The zero-order chi connectivity index (χ0) is 16.1. The lowest BCUT2D eigenvalue weighted by Gasteiger charge is -2.22. The molecule has 0 aromatic heterocycles. The van der Waals surface area contributed by atoms with Crippen molar-refractivity contribution in [1.82, 2.24) is 0 Å². The van der Waals surface area contributed by atoms with Crippen LogP contribution < -0.4 is 4.74 Å². The maximum atomic E-state index is 12.7. The third kappa shape index (κ3) is 1.85. The molecule has 2 aromatic carbocycles. The predicted molar refractivity (Wildman–Crippen MR) is 72.3 cm³/mol. The lowest BCUT2D eigenvalue weighted by molar-refractivity contribution is 0.0679. The van der Waals surface area contributed by atoms with E-state index in [1.807, 2.05) is 0 Å². The first-order valence-corrected chi connectivity index (χ1v) is 7.48. The number of hydrogen-bond donors (Lipinski definition) is 2. The van der Waals surface area contributed by atoms with Gasteiger partial charge >= 0.3 is 11.9 Å². The summed E-state index contributed by atoms with van der Waals surface area (Å²) in [5, 5.41) is 18.3. The number of carboxylic acid groups (broad SMARTS) is 2. The standard InChI is InChI=1S/C14H8O7S/c15-13(16)7-3-2-6-10-11(7)21-9-5-1-4-8(14(17)18)12(9)22(10,19)20/h1-6H,(H,15,16)(H,17,18). The van der Waals surface area contributed by atoms with Crippen LogP contribution in [0.2, 0.25) is 0 Å². The molecular formula is C14H8O7S. The lowest BCUT2D eigenvalue weighted by atomic mass is 10.2. The van der Waals surface area contributed by atoms with Crippen LogP contribution in [0.15, 0.2) is 46.2 Å². The quantitative estimate of drug-likeness (QED) is 0.741. The third-order valence-electron chi connectivity index (χ3n) is 3.19. The number of carboxylic acids is 2. The van der Waals surface area contributed by atoms with Gasteiger partial charge in [0.15, 0.2) is 5.75 Å². The minimum atomic E-state index is -4.20. The van der Waals surface area contributed by atoms with Gasteiger partial charge in [-0.15, -0.1) is 0 Å². The van der Waals surface area contributed by atoms with Crippen molar-refractivity contribution in [2.75, 3.05) is 0 Å². The van der Waals surface area contributed by atoms with Crippen LogP contribution in [0.1, 0.15) is 20.7 Å². The molecule has 0 fully saturated rings. The Balaban J connectivity index is 2.39. The van der Waals surface area contributed by atoms with E-state index in [1.165, 1.54) is 30.3 Å². The van der Waals surface area contributed by atoms with Crippen molar-refractivity contribution < 1.29 is 33.0 Å². The summed E-state index contributed by atoms with van der Waals surface area (Å²) >= 11 is 0. The Bertz CT molecular complexity index is 928. The number of fused-ring (bicyclic) bond motifs is 2. The molecule has 0 unspecified atom stereocenters. The molecule has 1 aliphatic heterocycles. The first-order valence-electron chi connectivity index (χ1n) is 5.99. The van der Waals surface area contributed by atoms with Crippen LogP contribution in [0.3, 0.4) is 0 Å². The summed E-state index contributed by atoms with van der Waals surface area (Å²) in [7, 11) is -4.20. The summed E-state index contributed by atoms with van der Waals surface area (Å²) in [6.07, 6.45) is 0. The highest BCUT2D eigenvalue weighted by atomic mass is 32.2. The van der Waals surface area contributed by atoms with Crippen LogP contribution in [-0.2, 0) is 9.84 Å². The summed E-state index contributed by atoms with van der Waals surface area (Å²) < 4.78 is 30.7. The molecule has 1 aliphatic rings. The van der Waals surface area contributed by atoms with Gasteiger partial charge in [0.25, 0.3) is 0 Å². The first-order chi connectivity index (χ1) is 10.3. The molecule has 112 valence electrons. The summed E-state index contributed by atoms with van der Waals surface area (Å²) in [6, 6.07) is 7.40. The molecule has 3 rings (SSSR count). The second-order valence-electron chi connectivity index (χ2n) is 4.48. The van der Waals surface area contributed by atoms with Gasteiger partial charge in [-0.3, -0.25) is 0 Å². The van der Waals surface area contributed by atoms with E-state index in [4.69, 9.17) is 14.9 Å². The van der Waals surface area contributed by atoms with E-state index < -0.39 is 32.2 Å². The highest BCUT2D eigenvalue weighted by molar-refractivity contribution is 7.91. The first kappa shape index (κ1) is 14.1. The van der Waals surface area contributed by atoms with Gasteiger partial charge in [-0.25, -0.2) is 18.0 Å². The Labute approximate surface area is 124 Å². The molecule has 1 heterocycles. The van der Waals surface area contributed by atoms with Crippen molar-refractivity contribution in [3.05, 3.63) is 47.5 Å². The number of benzene rings is 2. The molecule has 0 aliphatic carbocycles. The second-order valence-corrected chi connectivity index (χ2v) is 6.34. The normalized spacial score (nSPS) is 14.4. The number of para-hydroxylation sites is 1. The molecular weight excluding hydrogens is 312 g/mol. The topological polar surface area (TPSA) is 118 Å². The fourth-order valence-electron chi connectivity index (χ4n) is 2.26. The van der Waals surface area contributed by atoms with Gasteiger partial charge in [-0.05, 0) is 24.3 Å². The van der Waals surface area contributed by atoms with Crippen LogP contribution in [0.4, 0.5) is 0 Å². The van der Waals surface area contributed by atoms with Crippen LogP contribution in [-0.4, -0.2) is 30.6 Å². The average Bonchev–Trinajstić information content (AvgIpc) is 2.46. The third-order valence-corrected chi connectivity index (χ3v) is 5.05. The fourth-order valence-corrected chi connectivity index (χ4v) is 3.96. The number of aromatic carboxylic acids is 2. The van der Waals surface area contributed by atoms with Gasteiger partial charge in [0.2, 0.25) is 9.84 Å². The van der Waals surface area contributed by atoms with Crippen molar-refractivity contribution in [2.24, 2.45) is 0 Å². The van der Waals surface area contributed by atoms with Gasteiger partial charge in [-0.1, -0.05) is 12.1 Å². The second kappa shape index (κ2) is 4.57. The molecule has 2 aromatic rings. The van der Waals surface area contributed by atoms with E-state index in [9.17, 15) is 18.0 Å². The Morgan fingerprint density at radius 2 is 1.50 bits per heavy atom. The Kier molecular flexibility index (Phi) is 2.92. The molecule has 0 atom stereocenters. The van der Waals surface area contributed by atoms with Gasteiger partial charge < -0.3 is 14.9 Å². The van der Waals surface area contributed by atoms with Crippen molar-refractivity contribution in [3.63, 3.8) is 0 Å². The van der Waals surface area contributed by atoms with Gasteiger partial charge in [-0.2, -0.15) is 0 Å². The smallest absolute Gasteiger partial charge is 0.339 e. The number of rotatable bonds is 2. The summed E-state index contributed by atoms with van der Waals surface area (Å²) in [5.41, 5.74) is -0.740. The largest absolute Gasteiger partial charge is 0.478 e. The molecule has 0 amide bonds. The highest BCUT2D eigenvalue weighted by Gasteiger charge is 2.37. The summed E-state index contributed by atoms with van der Waals surface area (Å²) in [4.78, 5) is 21.6. The average molecular weight is 320 g/mol. The Hall–Kier alpha value is -2.87. The van der Waals surface area contributed by atoms with Crippen LogP contribution >= 0.6 is 0 Å². The molecule has 0 saturated heterocycles. The SMILES string of the molecule is O=C(O)c1cccc2c1Oc1cccc(C(=O)O)c1S2(=O)=O. The van der Waals surface area contributed by atoms with Crippen molar-refractivity contribution in [3.8, 4) is 11.5 Å². The van der Waals surface area contributed by atoms with Crippen LogP contribution in [0.5, 0.6) is 11.5 Å². The molecule has 0 bridgehead atoms. The predicted octanol–water partition coefficient (Wildman–Crippen LogP) is 2.02. The number of sulfone groups is 1. The minimum Gasteiger partial charge on any atom is -0.478 e. The highest BCUT2D eigenvalue weighted by Crippen LogP contribution is 2.45. The zero-order valence-corrected chi connectivity index (χ0v) is 11.6. The molecule has 0 saturated carbocycles. The number of hydrogen-bond acceptors (Lipinski definition) is 5. The van der Waals surface area contributed by atoms with Crippen molar-refractivity contribution >= 4 is 21.8 Å². The molecule has 8 heteroatoms. The van der Waals surface area contributed by atoms with E-state index in [2.05, 4.69) is 0 Å². The number of carbonyl (C=O) groups is 2. The van der Waals surface area contributed by atoms with Gasteiger partial charge in [0.1, 0.15) is 21.1 Å². The Morgan fingerprint density at radius 3 is 2.14 bits per heavy atom. The number of ether oxygens (including phenoxy) is 1. The van der Waals surface area contributed by atoms with E-state index in [-0.39, 0.29) is 22.0 Å². The fraction of sp³-hybridized carbons (Fsp3) is 0. The molecule has 2 N–H and O–H groups in total. The maximum Gasteiger partial charge on any atom is 0.339 e. The molecule has 22 heavy (non-hydrogen) atoms. The molecule has 0 radical (unpaired) electrons. The van der Waals surface area contributed by atoms with E-state index in [1.54, 1.807) is 0 Å². The minimum absolute atomic E-state index is 0.207. The zero-order valence-electron chi connectivity index (χ0n) is 10.8. The summed E-state index contributed by atoms with van der Waals surface area (Å²) in [6.45, 7) is 0. The molecule has 7 nitrogen and oxygen atoms in total. The maximum absolute atomic E-state index is 12.7.